The fourth-order valence-corrected chi connectivity index (χ4v) is 2.75. The summed E-state index contributed by atoms with van der Waals surface area (Å²) in [5.74, 6) is 0.133. The summed E-state index contributed by atoms with van der Waals surface area (Å²) in [5.41, 5.74) is 1.09. The van der Waals surface area contributed by atoms with Gasteiger partial charge in [0.1, 0.15) is 0 Å². The molecule has 1 saturated heterocycles. The molecule has 17 heavy (non-hydrogen) atoms. The number of nitrogens with zero attached hydrogens (tertiary/aromatic N) is 1. The maximum atomic E-state index is 11.7. The lowest BCUT2D eigenvalue weighted by molar-refractivity contribution is -0.122. The molecule has 2 N–H and O–H groups in total. The summed E-state index contributed by atoms with van der Waals surface area (Å²) in [6.45, 7) is 3.75. The Balaban J connectivity index is 1.69. The molecule has 0 saturated carbocycles. The van der Waals surface area contributed by atoms with Crippen LogP contribution in [-0.4, -0.2) is 30.0 Å². The van der Waals surface area contributed by atoms with Crippen LogP contribution in [0.2, 0.25) is 0 Å². The standard InChI is InChI=1S/C12H19N3OS/c1-2-11-15-9(8-17-11)5-7-14-12(16)10-4-3-6-13-10/h8,10,13H,2-7H2,1H3,(H,14,16)/t10-/m0/s1. The van der Waals surface area contributed by atoms with E-state index in [1.807, 2.05) is 0 Å². The lowest BCUT2D eigenvalue weighted by atomic mass is 10.2. The monoisotopic (exact) mass is 253 g/mol. The van der Waals surface area contributed by atoms with Gasteiger partial charge in [0.25, 0.3) is 0 Å². The Hall–Kier alpha value is -0.940. The van der Waals surface area contributed by atoms with E-state index in [4.69, 9.17) is 0 Å². The minimum Gasteiger partial charge on any atom is -0.354 e. The molecule has 0 aromatic carbocycles. The largest absolute Gasteiger partial charge is 0.354 e. The SMILES string of the molecule is CCc1nc(CCNC(=O)[C@@H]2CCCN2)cs1. The van der Waals surface area contributed by atoms with Gasteiger partial charge in [-0.2, -0.15) is 0 Å². The fourth-order valence-electron chi connectivity index (χ4n) is 1.97. The number of carbonyl (C=O) groups excluding carboxylic acids is 1. The van der Waals surface area contributed by atoms with E-state index in [1.54, 1.807) is 11.3 Å². The third-order valence-corrected chi connectivity index (χ3v) is 4.00. The summed E-state index contributed by atoms with van der Waals surface area (Å²) in [6.07, 6.45) is 3.88. The molecule has 94 valence electrons. The van der Waals surface area contributed by atoms with Crippen LogP contribution < -0.4 is 10.6 Å². The van der Waals surface area contributed by atoms with Crippen LogP contribution in [0.3, 0.4) is 0 Å². The summed E-state index contributed by atoms with van der Waals surface area (Å²) in [7, 11) is 0. The second-order valence-corrected chi connectivity index (χ2v) is 5.22. The lowest BCUT2D eigenvalue weighted by Gasteiger charge is -2.10. The van der Waals surface area contributed by atoms with Gasteiger partial charge in [-0.15, -0.1) is 11.3 Å². The summed E-state index contributed by atoms with van der Waals surface area (Å²) in [4.78, 5) is 16.2. The summed E-state index contributed by atoms with van der Waals surface area (Å²) in [6, 6.07) is 0.0247. The van der Waals surface area contributed by atoms with Gasteiger partial charge in [-0.25, -0.2) is 4.98 Å². The number of aryl methyl sites for hydroxylation is 1. The molecule has 1 fully saturated rings. The average molecular weight is 253 g/mol. The van der Waals surface area contributed by atoms with Crippen molar-refractivity contribution in [3.8, 4) is 0 Å². The number of carbonyl (C=O) groups is 1. The Labute approximate surface area is 106 Å². The number of amides is 1. The zero-order chi connectivity index (χ0) is 12.1. The van der Waals surface area contributed by atoms with E-state index in [0.717, 1.165) is 37.9 Å². The first-order valence-corrected chi connectivity index (χ1v) is 7.12. The maximum absolute atomic E-state index is 11.7. The molecule has 4 nitrogen and oxygen atoms in total. The second kappa shape index (κ2) is 6.12. The predicted molar refractivity (Wildman–Crippen MR) is 69.2 cm³/mol. The van der Waals surface area contributed by atoms with Gasteiger partial charge in [0.2, 0.25) is 5.91 Å². The Kier molecular flexibility index (Phi) is 4.50. The lowest BCUT2D eigenvalue weighted by Crippen LogP contribution is -2.41. The highest BCUT2D eigenvalue weighted by molar-refractivity contribution is 7.09. The van der Waals surface area contributed by atoms with Crippen LogP contribution in [0.1, 0.15) is 30.5 Å². The van der Waals surface area contributed by atoms with Gasteiger partial charge >= 0.3 is 0 Å². The Bertz CT molecular complexity index is 372. The number of aromatic nitrogens is 1. The Morgan fingerprint density at radius 3 is 3.24 bits per heavy atom. The van der Waals surface area contributed by atoms with E-state index >= 15 is 0 Å². The summed E-state index contributed by atoms with van der Waals surface area (Å²) >= 11 is 1.70. The van der Waals surface area contributed by atoms with Crippen molar-refractivity contribution in [1.82, 2.24) is 15.6 Å². The van der Waals surface area contributed by atoms with Crippen LogP contribution in [-0.2, 0) is 17.6 Å². The van der Waals surface area contributed by atoms with E-state index in [0.29, 0.717) is 6.54 Å². The van der Waals surface area contributed by atoms with Crippen molar-refractivity contribution < 1.29 is 4.79 Å². The van der Waals surface area contributed by atoms with Crippen molar-refractivity contribution in [2.75, 3.05) is 13.1 Å². The fraction of sp³-hybridized carbons (Fsp3) is 0.667. The molecule has 0 bridgehead atoms. The quantitative estimate of drug-likeness (QED) is 0.826. The number of rotatable bonds is 5. The van der Waals surface area contributed by atoms with E-state index in [1.165, 1.54) is 5.01 Å². The normalized spacial score (nSPS) is 19.5. The Morgan fingerprint density at radius 2 is 2.59 bits per heavy atom. The molecule has 0 radical (unpaired) electrons. The number of hydrogen-bond donors (Lipinski definition) is 2. The first-order chi connectivity index (χ1) is 8.29. The van der Waals surface area contributed by atoms with Crippen molar-refractivity contribution in [2.45, 2.75) is 38.6 Å². The van der Waals surface area contributed by atoms with Crippen molar-refractivity contribution in [2.24, 2.45) is 0 Å². The smallest absolute Gasteiger partial charge is 0.237 e. The molecule has 0 unspecified atom stereocenters. The van der Waals surface area contributed by atoms with Crippen LogP contribution in [0.5, 0.6) is 0 Å². The predicted octanol–water partition coefficient (Wildman–Crippen LogP) is 1.12. The third-order valence-electron chi connectivity index (χ3n) is 2.96. The van der Waals surface area contributed by atoms with E-state index in [-0.39, 0.29) is 11.9 Å². The molecule has 1 aromatic heterocycles. The van der Waals surface area contributed by atoms with Crippen LogP contribution >= 0.6 is 11.3 Å². The van der Waals surface area contributed by atoms with Crippen LogP contribution in [0.4, 0.5) is 0 Å². The highest BCUT2D eigenvalue weighted by Gasteiger charge is 2.21. The van der Waals surface area contributed by atoms with E-state index in [9.17, 15) is 4.79 Å². The molecule has 2 heterocycles. The topological polar surface area (TPSA) is 54.0 Å². The summed E-state index contributed by atoms with van der Waals surface area (Å²) in [5, 5.41) is 9.41. The average Bonchev–Trinajstić information content (AvgIpc) is 3.00. The van der Waals surface area contributed by atoms with Gasteiger partial charge in [-0.05, 0) is 25.8 Å². The number of thiazole rings is 1. The molecule has 1 amide bonds. The van der Waals surface area contributed by atoms with Gasteiger partial charge < -0.3 is 10.6 Å². The van der Waals surface area contributed by atoms with E-state index in [2.05, 4.69) is 27.9 Å². The highest BCUT2D eigenvalue weighted by Crippen LogP contribution is 2.10. The third kappa shape index (κ3) is 3.51. The molecule has 1 aromatic rings. The molecule has 2 rings (SSSR count). The van der Waals surface area contributed by atoms with Gasteiger partial charge in [-0.1, -0.05) is 6.92 Å². The van der Waals surface area contributed by atoms with Gasteiger partial charge in [-0.3, -0.25) is 4.79 Å². The highest BCUT2D eigenvalue weighted by atomic mass is 32.1. The van der Waals surface area contributed by atoms with Crippen molar-refractivity contribution >= 4 is 17.2 Å². The zero-order valence-corrected chi connectivity index (χ0v) is 11.0. The van der Waals surface area contributed by atoms with Crippen molar-refractivity contribution in [3.63, 3.8) is 0 Å². The first kappa shape index (κ1) is 12.5. The number of hydrogen-bond acceptors (Lipinski definition) is 4. The van der Waals surface area contributed by atoms with Crippen LogP contribution in [0, 0.1) is 0 Å². The van der Waals surface area contributed by atoms with Crippen molar-refractivity contribution in [3.05, 3.63) is 16.1 Å². The van der Waals surface area contributed by atoms with Gasteiger partial charge in [0.05, 0.1) is 16.7 Å². The Morgan fingerprint density at radius 1 is 1.71 bits per heavy atom. The maximum Gasteiger partial charge on any atom is 0.237 e. The molecule has 1 aliphatic heterocycles. The van der Waals surface area contributed by atoms with Crippen molar-refractivity contribution in [1.29, 1.82) is 0 Å². The van der Waals surface area contributed by atoms with Crippen LogP contribution in [0.25, 0.3) is 0 Å². The second-order valence-electron chi connectivity index (χ2n) is 4.28. The zero-order valence-electron chi connectivity index (χ0n) is 10.2. The minimum absolute atomic E-state index is 0.0247. The number of nitrogens with one attached hydrogen (secondary N) is 2. The molecule has 5 heteroatoms. The van der Waals surface area contributed by atoms with Crippen LogP contribution in [0.15, 0.2) is 5.38 Å². The molecular weight excluding hydrogens is 234 g/mol. The molecule has 0 aliphatic carbocycles. The van der Waals surface area contributed by atoms with Gasteiger partial charge in [0, 0.05) is 18.3 Å². The molecule has 1 aliphatic rings. The minimum atomic E-state index is 0.0247. The summed E-state index contributed by atoms with van der Waals surface area (Å²) < 4.78 is 0. The first-order valence-electron chi connectivity index (χ1n) is 6.24. The molecule has 1 atom stereocenters. The molecule has 0 spiro atoms. The van der Waals surface area contributed by atoms with E-state index < -0.39 is 0 Å². The molecular formula is C12H19N3OS. The van der Waals surface area contributed by atoms with Gasteiger partial charge in [0.15, 0.2) is 0 Å².